The number of hydrogen-bond donors (Lipinski definition) is 0. The van der Waals surface area contributed by atoms with Gasteiger partial charge in [-0.25, -0.2) is 9.59 Å². The van der Waals surface area contributed by atoms with E-state index < -0.39 is 12.1 Å². The highest BCUT2D eigenvalue weighted by molar-refractivity contribution is 5.94. The van der Waals surface area contributed by atoms with Gasteiger partial charge in [-0.2, -0.15) is 0 Å². The number of Topliss-reactive ketones (excluding diaryl/α,β-unsaturated/α-hetero) is 1. The number of ketones is 1. The highest BCUT2D eigenvalue weighted by atomic mass is 16.7. The van der Waals surface area contributed by atoms with Crippen molar-refractivity contribution in [3.63, 3.8) is 0 Å². The molecule has 124 valence electrons. The minimum Gasteiger partial charge on any atom is -0.490 e. The monoisotopic (exact) mass is 322 g/mol. The Hall–Kier alpha value is -2.83. The Kier molecular flexibility index (Phi) is 7.91. The Morgan fingerprint density at radius 1 is 0.957 bits per heavy atom. The van der Waals surface area contributed by atoms with E-state index in [9.17, 15) is 14.4 Å². The van der Waals surface area contributed by atoms with Crippen LogP contribution in [-0.2, 0) is 19.0 Å². The molecule has 0 unspecified atom stereocenters. The van der Waals surface area contributed by atoms with Gasteiger partial charge >= 0.3 is 12.1 Å². The number of hydrogen-bond acceptors (Lipinski definition) is 7. The first-order chi connectivity index (χ1) is 11.0. The summed E-state index contributed by atoms with van der Waals surface area (Å²) < 4.78 is 19.4. The first-order valence-corrected chi connectivity index (χ1v) is 6.85. The Morgan fingerprint density at radius 3 is 2.09 bits per heavy atom. The molecule has 0 saturated heterocycles. The zero-order valence-electron chi connectivity index (χ0n) is 12.8. The van der Waals surface area contributed by atoms with Crippen LogP contribution in [0.15, 0.2) is 36.9 Å². The number of carbonyl (C=O) groups is 3. The lowest BCUT2D eigenvalue weighted by Crippen LogP contribution is -2.16. The highest BCUT2D eigenvalue weighted by Crippen LogP contribution is 2.12. The fraction of sp³-hybridized carbons (Fsp3) is 0.312. The van der Waals surface area contributed by atoms with Crippen LogP contribution in [0.5, 0.6) is 5.75 Å². The lowest BCUT2D eigenvalue weighted by molar-refractivity contribution is -0.139. The molecule has 0 heterocycles. The largest absolute Gasteiger partial charge is 0.508 e. The van der Waals surface area contributed by atoms with E-state index in [1.54, 1.807) is 24.3 Å². The second-order valence-corrected chi connectivity index (χ2v) is 4.25. The lowest BCUT2D eigenvalue weighted by atomic mass is 10.1. The van der Waals surface area contributed by atoms with E-state index in [2.05, 4.69) is 16.1 Å². The van der Waals surface area contributed by atoms with Crippen LogP contribution in [-0.4, -0.2) is 44.3 Å². The third-order valence-electron chi connectivity index (χ3n) is 2.55. The zero-order chi connectivity index (χ0) is 17.1. The molecule has 1 aromatic carbocycles. The fourth-order valence-electron chi connectivity index (χ4n) is 1.44. The van der Waals surface area contributed by atoms with E-state index in [4.69, 9.17) is 9.47 Å². The molecule has 23 heavy (non-hydrogen) atoms. The molecule has 0 N–H and O–H groups in total. The molecule has 0 spiro atoms. The van der Waals surface area contributed by atoms with Gasteiger partial charge in [0.2, 0.25) is 0 Å². The summed E-state index contributed by atoms with van der Waals surface area (Å²) in [5.41, 5.74) is 0.592. The van der Waals surface area contributed by atoms with Gasteiger partial charge in [-0.3, -0.25) is 4.79 Å². The van der Waals surface area contributed by atoms with Crippen molar-refractivity contribution in [2.75, 3.05) is 26.4 Å². The quantitative estimate of drug-likeness (QED) is 0.298. The van der Waals surface area contributed by atoms with Crippen LogP contribution in [0.4, 0.5) is 4.79 Å². The van der Waals surface area contributed by atoms with Gasteiger partial charge in [0.1, 0.15) is 32.2 Å². The van der Waals surface area contributed by atoms with Crippen molar-refractivity contribution in [2.45, 2.75) is 6.92 Å². The summed E-state index contributed by atoms with van der Waals surface area (Å²) >= 11 is 0. The Balaban J connectivity index is 2.12. The molecule has 0 bridgehead atoms. The molecule has 0 atom stereocenters. The number of ether oxygens (including phenoxy) is 4. The average Bonchev–Trinajstić information content (AvgIpc) is 2.55. The molecule has 0 radical (unpaired) electrons. The molecule has 0 aliphatic heterocycles. The van der Waals surface area contributed by atoms with Crippen LogP contribution >= 0.6 is 0 Å². The number of benzene rings is 1. The van der Waals surface area contributed by atoms with Gasteiger partial charge in [-0.1, -0.05) is 6.58 Å². The van der Waals surface area contributed by atoms with Crippen molar-refractivity contribution in [3.8, 4) is 5.75 Å². The predicted octanol–water partition coefficient (Wildman–Crippen LogP) is 2.15. The molecule has 0 aromatic heterocycles. The van der Waals surface area contributed by atoms with E-state index in [0.29, 0.717) is 11.3 Å². The highest BCUT2D eigenvalue weighted by Gasteiger charge is 2.05. The van der Waals surface area contributed by atoms with E-state index in [-0.39, 0.29) is 32.2 Å². The molecule has 0 saturated carbocycles. The van der Waals surface area contributed by atoms with Gasteiger partial charge in [-0.15, -0.1) is 0 Å². The van der Waals surface area contributed by atoms with Gasteiger partial charge in [0, 0.05) is 11.6 Å². The summed E-state index contributed by atoms with van der Waals surface area (Å²) in [7, 11) is 0. The van der Waals surface area contributed by atoms with Gasteiger partial charge in [-0.05, 0) is 31.2 Å². The van der Waals surface area contributed by atoms with Crippen LogP contribution in [0.2, 0.25) is 0 Å². The minimum absolute atomic E-state index is 0.000259. The normalized spacial score (nSPS) is 9.61. The van der Waals surface area contributed by atoms with Crippen molar-refractivity contribution in [1.29, 1.82) is 0 Å². The Labute approximate surface area is 133 Å². The zero-order valence-corrected chi connectivity index (χ0v) is 12.8. The summed E-state index contributed by atoms with van der Waals surface area (Å²) in [6, 6.07) is 6.61. The Morgan fingerprint density at radius 2 is 1.52 bits per heavy atom. The first-order valence-electron chi connectivity index (χ1n) is 6.85. The maximum absolute atomic E-state index is 11.2. The van der Waals surface area contributed by atoms with Gasteiger partial charge in [0.05, 0.1) is 0 Å². The van der Waals surface area contributed by atoms with Gasteiger partial charge < -0.3 is 18.9 Å². The van der Waals surface area contributed by atoms with Crippen molar-refractivity contribution < 1.29 is 33.3 Å². The number of carbonyl (C=O) groups excluding carboxylic acids is 3. The second-order valence-electron chi connectivity index (χ2n) is 4.25. The second kappa shape index (κ2) is 9.99. The molecule has 7 nitrogen and oxygen atoms in total. The number of rotatable bonds is 9. The molecular weight excluding hydrogens is 304 g/mol. The minimum atomic E-state index is -0.879. The summed E-state index contributed by atoms with van der Waals surface area (Å²) in [4.78, 5) is 33.0. The standard InChI is InChI=1S/C16H18O7/c1-3-15(18)21-9-11-23-16(19)22-10-8-20-14-6-4-13(5-7-14)12(2)17/h3-7H,1,8-11H2,2H3. The van der Waals surface area contributed by atoms with E-state index in [1.165, 1.54) is 6.92 Å². The SMILES string of the molecule is C=CC(=O)OCCOC(=O)OCCOc1ccc(C(C)=O)cc1. The van der Waals surface area contributed by atoms with E-state index >= 15 is 0 Å². The Bertz CT molecular complexity index is 548. The lowest BCUT2D eigenvalue weighted by Gasteiger charge is -2.08. The van der Waals surface area contributed by atoms with Crippen LogP contribution in [0, 0.1) is 0 Å². The third-order valence-corrected chi connectivity index (χ3v) is 2.55. The molecule has 0 amide bonds. The topological polar surface area (TPSA) is 88.1 Å². The van der Waals surface area contributed by atoms with Gasteiger partial charge in [0.25, 0.3) is 0 Å². The summed E-state index contributed by atoms with van der Waals surface area (Å²) in [5.74, 6) is -0.0594. The van der Waals surface area contributed by atoms with E-state index in [0.717, 1.165) is 6.08 Å². The third kappa shape index (κ3) is 7.66. The molecule has 0 aliphatic carbocycles. The summed E-state index contributed by atoms with van der Waals surface area (Å²) in [5, 5.41) is 0. The first kappa shape index (κ1) is 18.2. The number of esters is 1. The van der Waals surface area contributed by atoms with Crippen molar-refractivity contribution in [1.82, 2.24) is 0 Å². The van der Waals surface area contributed by atoms with Crippen LogP contribution in [0.1, 0.15) is 17.3 Å². The van der Waals surface area contributed by atoms with Crippen molar-refractivity contribution in [3.05, 3.63) is 42.5 Å². The summed E-state index contributed by atoms with van der Waals surface area (Å²) in [6.07, 6.45) is 0.133. The molecule has 0 aliphatic rings. The maximum Gasteiger partial charge on any atom is 0.508 e. The smallest absolute Gasteiger partial charge is 0.490 e. The van der Waals surface area contributed by atoms with Gasteiger partial charge in [0.15, 0.2) is 5.78 Å². The molecule has 0 fully saturated rings. The van der Waals surface area contributed by atoms with Crippen molar-refractivity contribution >= 4 is 17.9 Å². The maximum atomic E-state index is 11.2. The van der Waals surface area contributed by atoms with Crippen LogP contribution in [0.25, 0.3) is 0 Å². The molecular formula is C16H18O7. The fourth-order valence-corrected chi connectivity index (χ4v) is 1.44. The molecule has 1 aromatic rings. The molecule has 7 heteroatoms. The van der Waals surface area contributed by atoms with Crippen LogP contribution < -0.4 is 4.74 Å². The average molecular weight is 322 g/mol. The predicted molar refractivity (Wildman–Crippen MR) is 80.4 cm³/mol. The van der Waals surface area contributed by atoms with Crippen molar-refractivity contribution in [2.24, 2.45) is 0 Å². The summed E-state index contributed by atoms with van der Waals surface area (Å²) in [6.45, 7) is 4.67. The van der Waals surface area contributed by atoms with E-state index in [1.807, 2.05) is 0 Å². The molecule has 1 rings (SSSR count). The van der Waals surface area contributed by atoms with Crippen LogP contribution in [0.3, 0.4) is 0 Å².